The quantitative estimate of drug-likeness (QED) is 0.650. The zero-order valence-corrected chi connectivity index (χ0v) is 18.0. The van der Waals surface area contributed by atoms with E-state index in [0.29, 0.717) is 0 Å². The van der Waals surface area contributed by atoms with E-state index >= 15 is 0 Å². The van der Waals surface area contributed by atoms with E-state index in [1.807, 2.05) is 44.2 Å². The number of carbonyl (C=O) groups is 2. The third kappa shape index (κ3) is 5.28. The first-order valence-corrected chi connectivity index (χ1v) is 10.5. The molecule has 3 rings (SSSR count). The van der Waals surface area contributed by atoms with Gasteiger partial charge in [0.1, 0.15) is 12.2 Å². The SMILES string of the molecule is CC[C@H]1O[C@@H](c2cccc(Cc3ccccc3)c2)[C@H](OC(C)=O)[C@@H](OC(C)=O)[C@@H]1C. The van der Waals surface area contributed by atoms with Crippen molar-refractivity contribution < 1.29 is 23.8 Å². The zero-order chi connectivity index (χ0) is 21.7. The lowest BCUT2D eigenvalue weighted by Gasteiger charge is -2.44. The van der Waals surface area contributed by atoms with E-state index in [1.165, 1.54) is 19.4 Å². The predicted molar refractivity (Wildman–Crippen MR) is 114 cm³/mol. The smallest absolute Gasteiger partial charge is 0.303 e. The summed E-state index contributed by atoms with van der Waals surface area (Å²) >= 11 is 0. The van der Waals surface area contributed by atoms with Crippen LogP contribution in [0.5, 0.6) is 0 Å². The molecule has 0 aromatic heterocycles. The van der Waals surface area contributed by atoms with Crippen molar-refractivity contribution in [1.29, 1.82) is 0 Å². The second kappa shape index (κ2) is 9.90. The van der Waals surface area contributed by atoms with Crippen molar-refractivity contribution in [3.63, 3.8) is 0 Å². The van der Waals surface area contributed by atoms with E-state index in [9.17, 15) is 9.59 Å². The normalized spacial score (nSPS) is 26.1. The molecular formula is C25H30O5. The molecule has 0 amide bonds. The summed E-state index contributed by atoms with van der Waals surface area (Å²) < 4.78 is 17.7. The Kier molecular flexibility index (Phi) is 7.27. The third-order valence-corrected chi connectivity index (χ3v) is 5.59. The molecule has 1 aliphatic rings. The Balaban J connectivity index is 1.94. The summed E-state index contributed by atoms with van der Waals surface area (Å²) in [5.41, 5.74) is 3.27. The maximum Gasteiger partial charge on any atom is 0.303 e. The fourth-order valence-electron chi connectivity index (χ4n) is 4.21. The summed E-state index contributed by atoms with van der Waals surface area (Å²) in [7, 11) is 0. The minimum atomic E-state index is -0.698. The minimum absolute atomic E-state index is 0.0907. The van der Waals surface area contributed by atoms with E-state index in [-0.39, 0.29) is 12.0 Å². The molecule has 1 saturated heterocycles. The van der Waals surface area contributed by atoms with Gasteiger partial charge in [0, 0.05) is 19.8 Å². The Bertz CT molecular complexity index is 863. The molecule has 5 atom stereocenters. The molecule has 0 saturated carbocycles. The fourth-order valence-corrected chi connectivity index (χ4v) is 4.21. The monoisotopic (exact) mass is 410 g/mol. The zero-order valence-electron chi connectivity index (χ0n) is 18.0. The van der Waals surface area contributed by atoms with Crippen LogP contribution in [0.4, 0.5) is 0 Å². The molecule has 0 aliphatic carbocycles. The number of ether oxygens (including phenoxy) is 3. The van der Waals surface area contributed by atoms with E-state index in [1.54, 1.807) is 0 Å². The molecule has 1 heterocycles. The van der Waals surface area contributed by atoms with Crippen molar-refractivity contribution in [2.75, 3.05) is 0 Å². The topological polar surface area (TPSA) is 61.8 Å². The summed E-state index contributed by atoms with van der Waals surface area (Å²) in [6.45, 7) is 6.76. The van der Waals surface area contributed by atoms with Crippen molar-refractivity contribution in [2.24, 2.45) is 5.92 Å². The molecule has 1 aliphatic heterocycles. The van der Waals surface area contributed by atoms with E-state index in [0.717, 1.165) is 24.0 Å². The Labute approximate surface area is 178 Å². The number of hydrogen-bond donors (Lipinski definition) is 0. The molecule has 2 aromatic rings. The largest absolute Gasteiger partial charge is 0.458 e. The molecule has 2 aromatic carbocycles. The lowest BCUT2D eigenvalue weighted by molar-refractivity contribution is -0.225. The number of carbonyl (C=O) groups excluding carboxylic acids is 2. The van der Waals surface area contributed by atoms with Crippen LogP contribution in [0.3, 0.4) is 0 Å². The lowest BCUT2D eigenvalue weighted by Crippen LogP contribution is -2.52. The molecule has 160 valence electrons. The summed E-state index contributed by atoms with van der Waals surface area (Å²) in [6, 6.07) is 18.4. The fraction of sp³-hybridized carbons (Fsp3) is 0.440. The van der Waals surface area contributed by atoms with Crippen molar-refractivity contribution in [3.05, 3.63) is 71.3 Å². The summed E-state index contributed by atoms with van der Waals surface area (Å²) in [5, 5.41) is 0. The molecule has 0 bridgehead atoms. The highest BCUT2D eigenvalue weighted by Gasteiger charge is 2.47. The maximum absolute atomic E-state index is 11.9. The Morgan fingerprint density at radius 1 is 0.900 bits per heavy atom. The van der Waals surface area contributed by atoms with Crippen LogP contribution in [0.2, 0.25) is 0 Å². The van der Waals surface area contributed by atoms with Gasteiger partial charge in [-0.15, -0.1) is 0 Å². The highest BCUT2D eigenvalue weighted by Crippen LogP contribution is 2.40. The van der Waals surface area contributed by atoms with E-state index in [2.05, 4.69) is 24.3 Å². The van der Waals surface area contributed by atoms with Gasteiger partial charge in [0.05, 0.1) is 6.10 Å². The number of benzene rings is 2. The second-order valence-electron chi connectivity index (χ2n) is 7.92. The molecule has 5 heteroatoms. The van der Waals surface area contributed by atoms with Crippen molar-refractivity contribution >= 4 is 11.9 Å². The molecule has 0 radical (unpaired) electrons. The standard InChI is InChI=1S/C25H30O5/c1-5-22-16(2)23(28-17(3)26)25(29-18(4)27)24(30-22)21-13-9-12-20(15-21)14-19-10-7-6-8-11-19/h6-13,15-16,22-25H,5,14H2,1-4H3/t16-,22-,23+,24+,25-/m1/s1. The van der Waals surface area contributed by atoms with Gasteiger partial charge in [-0.25, -0.2) is 0 Å². The van der Waals surface area contributed by atoms with Gasteiger partial charge in [-0.2, -0.15) is 0 Å². The summed E-state index contributed by atoms with van der Waals surface area (Å²) in [4.78, 5) is 23.6. The highest BCUT2D eigenvalue weighted by atomic mass is 16.6. The van der Waals surface area contributed by atoms with E-state index in [4.69, 9.17) is 14.2 Å². The number of esters is 2. The first kappa shape index (κ1) is 22.0. The van der Waals surface area contributed by atoms with Crippen molar-refractivity contribution in [1.82, 2.24) is 0 Å². The Morgan fingerprint density at radius 2 is 1.53 bits per heavy atom. The molecule has 0 spiro atoms. The third-order valence-electron chi connectivity index (χ3n) is 5.59. The van der Waals surface area contributed by atoms with Crippen LogP contribution in [-0.2, 0) is 30.2 Å². The van der Waals surface area contributed by atoms with Crippen LogP contribution >= 0.6 is 0 Å². The first-order chi connectivity index (χ1) is 14.4. The average Bonchev–Trinajstić information content (AvgIpc) is 2.71. The number of hydrogen-bond acceptors (Lipinski definition) is 5. The van der Waals surface area contributed by atoms with E-state index < -0.39 is 30.3 Å². The van der Waals surface area contributed by atoms with Crippen LogP contribution in [0, 0.1) is 5.92 Å². The predicted octanol–water partition coefficient (Wildman–Crippen LogP) is 4.63. The first-order valence-electron chi connectivity index (χ1n) is 10.5. The van der Waals surface area contributed by atoms with Crippen LogP contribution in [0.15, 0.2) is 54.6 Å². The summed E-state index contributed by atoms with van der Waals surface area (Å²) in [6.07, 6.45) is -0.310. The minimum Gasteiger partial charge on any atom is -0.458 e. The van der Waals surface area contributed by atoms with Crippen molar-refractivity contribution in [2.45, 2.75) is 65.0 Å². The summed E-state index contributed by atoms with van der Waals surface area (Å²) in [5.74, 6) is -0.905. The van der Waals surface area contributed by atoms with Crippen LogP contribution in [0.1, 0.15) is 56.9 Å². The Morgan fingerprint density at radius 3 is 2.17 bits per heavy atom. The molecule has 0 N–H and O–H groups in total. The van der Waals surface area contributed by atoms with Gasteiger partial charge in [0.15, 0.2) is 6.10 Å². The molecular weight excluding hydrogens is 380 g/mol. The van der Waals surface area contributed by atoms with Gasteiger partial charge in [-0.3, -0.25) is 9.59 Å². The van der Waals surface area contributed by atoms with Gasteiger partial charge < -0.3 is 14.2 Å². The second-order valence-corrected chi connectivity index (χ2v) is 7.92. The van der Waals surface area contributed by atoms with Crippen LogP contribution in [0.25, 0.3) is 0 Å². The molecule has 5 nitrogen and oxygen atoms in total. The highest BCUT2D eigenvalue weighted by molar-refractivity contribution is 5.67. The number of rotatable bonds is 6. The van der Waals surface area contributed by atoms with Gasteiger partial charge >= 0.3 is 11.9 Å². The van der Waals surface area contributed by atoms with Crippen molar-refractivity contribution in [3.8, 4) is 0 Å². The van der Waals surface area contributed by atoms with Gasteiger partial charge in [-0.1, -0.05) is 68.4 Å². The Hall–Kier alpha value is -2.66. The molecule has 1 fully saturated rings. The average molecular weight is 411 g/mol. The maximum atomic E-state index is 11.9. The molecule has 0 unspecified atom stereocenters. The van der Waals surface area contributed by atoms with Crippen LogP contribution < -0.4 is 0 Å². The van der Waals surface area contributed by atoms with Gasteiger partial charge in [-0.05, 0) is 29.5 Å². The van der Waals surface area contributed by atoms with Crippen LogP contribution in [-0.4, -0.2) is 30.3 Å². The van der Waals surface area contributed by atoms with Gasteiger partial charge in [0.2, 0.25) is 0 Å². The lowest BCUT2D eigenvalue weighted by atomic mass is 9.84. The molecule has 30 heavy (non-hydrogen) atoms. The van der Waals surface area contributed by atoms with Gasteiger partial charge in [0.25, 0.3) is 0 Å².